The van der Waals surface area contributed by atoms with Crippen LogP contribution in [0.15, 0.2) is 0 Å². The molecule has 0 bridgehead atoms. The Bertz CT molecular complexity index is 467. The zero-order valence-electron chi connectivity index (χ0n) is 11.5. The molecule has 0 aliphatic carbocycles. The van der Waals surface area contributed by atoms with Crippen molar-refractivity contribution < 1.29 is 9.53 Å². The van der Waals surface area contributed by atoms with Crippen molar-refractivity contribution >= 4 is 27.9 Å². The Morgan fingerprint density at radius 2 is 2.00 bits per heavy atom. The van der Waals surface area contributed by atoms with E-state index in [1.165, 1.54) is 11.3 Å². The fourth-order valence-corrected chi connectivity index (χ4v) is 3.30. The lowest BCUT2D eigenvalue weighted by atomic mass is 10.3. The fourth-order valence-electron chi connectivity index (χ4n) is 2.11. The maximum absolute atomic E-state index is 11.8. The Kier molecular flexibility index (Phi) is 4.16. The van der Waals surface area contributed by atoms with Crippen molar-refractivity contribution in [3.8, 4) is 5.75 Å². The number of nitrogens with one attached hydrogen (secondary N) is 1. The first-order valence-corrected chi connectivity index (χ1v) is 7.02. The number of ether oxygens (including phenoxy) is 1. The van der Waals surface area contributed by atoms with Gasteiger partial charge in [0.2, 0.25) is 0 Å². The third-order valence-electron chi connectivity index (χ3n) is 3.31. The van der Waals surface area contributed by atoms with E-state index < -0.39 is 0 Å². The van der Waals surface area contributed by atoms with E-state index >= 15 is 0 Å². The number of likely N-dealkylation sites (N-methyl/N-ethyl adjacent to an activating group) is 1. The first kappa shape index (κ1) is 14.0. The lowest BCUT2D eigenvalue weighted by molar-refractivity contribution is 0.0967. The van der Waals surface area contributed by atoms with Crippen molar-refractivity contribution in [3.63, 3.8) is 0 Å². The molecule has 3 N–H and O–H groups in total. The SMILES string of the molecule is CNC(=O)c1sc(N2CCN(C)CC2)c(OC)c1N. The van der Waals surface area contributed by atoms with Gasteiger partial charge in [-0.15, -0.1) is 11.3 Å². The highest BCUT2D eigenvalue weighted by atomic mass is 32.1. The van der Waals surface area contributed by atoms with Gasteiger partial charge in [-0.1, -0.05) is 0 Å². The molecule has 0 radical (unpaired) electrons. The van der Waals surface area contributed by atoms with Crippen molar-refractivity contribution in [1.82, 2.24) is 10.2 Å². The van der Waals surface area contributed by atoms with Crippen molar-refractivity contribution in [1.29, 1.82) is 0 Å². The quantitative estimate of drug-likeness (QED) is 0.843. The number of carbonyl (C=O) groups excluding carboxylic acids is 1. The zero-order chi connectivity index (χ0) is 14.0. The number of nitrogen functional groups attached to an aromatic ring is 1. The maximum Gasteiger partial charge on any atom is 0.263 e. The third kappa shape index (κ3) is 2.62. The second-order valence-corrected chi connectivity index (χ2v) is 5.55. The van der Waals surface area contributed by atoms with Crippen LogP contribution in [-0.2, 0) is 0 Å². The Balaban J connectivity index is 2.32. The van der Waals surface area contributed by atoms with Crippen molar-refractivity contribution in [2.45, 2.75) is 0 Å². The summed E-state index contributed by atoms with van der Waals surface area (Å²) in [5, 5.41) is 3.56. The molecule has 1 saturated heterocycles. The minimum Gasteiger partial charge on any atom is -0.492 e. The molecule has 2 rings (SSSR count). The molecular weight excluding hydrogens is 264 g/mol. The monoisotopic (exact) mass is 284 g/mol. The Morgan fingerprint density at radius 1 is 1.37 bits per heavy atom. The third-order valence-corrected chi connectivity index (χ3v) is 4.56. The number of thiophene rings is 1. The summed E-state index contributed by atoms with van der Waals surface area (Å²) in [6, 6.07) is 0. The predicted molar refractivity (Wildman–Crippen MR) is 78.4 cm³/mol. The summed E-state index contributed by atoms with van der Waals surface area (Å²) in [4.78, 5) is 16.8. The van der Waals surface area contributed by atoms with Crippen LogP contribution in [0.2, 0.25) is 0 Å². The topological polar surface area (TPSA) is 70.8 Å². The van der Waals surface area contributed by atoms with E-state index in [1.54, 1.807) is 14.2 Å². The summed E-state index contributed by atoms with van der Waals surface area (Å²) < 4.78 is 5.38. The van der Waals surface area contributed by atoms with Gasteiger partial charge in [-0.3, -0.25) is 4.79 Å². The lowest BCUT2D eigenvalue weighted by Crippen LogP contribution is -2.44. The van der Waals surface area contributed by atoms with Gasteiger partial charge < -0.3 is 25.6 Å². The summed E-state index contributed by atoms with van der Waals surface area (Å²) in [7, 11) is 5.29. The number of anilines is 2. The lowest BCUT2D eigenvalue weighted by Gasteiger charge is -2.33. The van der Waals surface area contributed by atoms with Crippen LogP contribution in [0.3, 0.4) is 0 Å². The molecule has 106 valence electrons. The van der Waals surface area contributed by atoms with E-state index in [1.807, 2.05) is 0 Å². The molecule has 1 aliphatic rings. The highest BCUT2D eigenvalue weighted by Gasteiger charge is 2.26. The van der Waals surface area contributed by atoms with Gasteiger partial charge in [0.15, 0.2) is 5.75 Å². The Labute approximate surface area is 117 Å². The highest BCUT2D eigenvalue weighted by Crippen LogP contribution is 2.44. The predicted octanol–water partition coefficient (Wildman–Crippen LogP) is 0.450. The fraction of sp³-hybridized carbons (Fsp3) is 0.583. The first-order chi connectivity index (χ1) is 9.08. The molecule has 1 aromatic rings. The molecule has 0 aromatic carbocycles. The number of nitrogens with zero attached hydrogens (tertiary/aromatic N) is 2. The Hall–Kier alpha value is -1.47. The smallest absolute Gasteiger partial charge is 0.263 e. The molecule has 7 heteroatoms. The second kappa shape index (κ2) is 5.66. The normalized spacial score (nSPS) is 16.5. The number of carbonyl (C=O) groups is 1. The maximum atomic E-state index is 11.8. The molecule has 0 atom stereocenters. The molecule has 6 nitrogen and oxygen atoms in total. The van der Waals surface area contributed by atoms with Gasteiger partial charge in [0.1, 0.15) is 15.6 Å². The summed E-state index contributed by atoms with van der Waals surface area (Å²) in [6.45, 7) is 3.83. The molecule has 1 amide bonds. The Morgan fingerprint density at radius 3 is 2.53 bits per heavy atom. The average molecular weight is 284 g/mol. The summed E-state index contributed by atoms with van der Waals surface area (Å²) in [6.07, 6.45) is 0. The van der Waals surface area contributed by atoms with Crippen molar-refractivity contribution in [2.24, 2.45) is 0 Å². The number of rotatable bonds is 3. The number of methoxy groups -OCH3 is 1. The van der Waals surface area contributed by atoms with Crippen LogP contribution in [0, 0.1) is 0 Å². The van der Waals surface area contributed by atoms with Gasteiger partial charge in [0.25, 0.3) is 5.91 Å². The number of piperazine rings is 1. The van der Waals surface area contributed by atoms with E-state index in [2.05, 4.69) is 22.2 Å². The second-order valence-electron chi connectivity index (χ2n) is 4.55. The van der Waals surface area contributed by atoms with Gasteiger partial charge in [0, 0.05) is 33.2 Å². The molecule has 1 fully saturated rings. The molecule has 0 saturated carbocycles. The molecule has 2 heterocycles. The van der Waals surface area contributed by atoms with Crippen LogP contribution in [-0.4, -0.2) is 58.2 Å². The van der Waals surface area contributed by atoms with Crippen LogP contribution in [0.5, 0.6) is 5.75 Å². The number of amides is 1. The standard InChI is InChI=1S/C12H20N4O2S/c1-14-11(17)10-8(13)9(18-3)12(19-10)16-6-4-15(2)5-7-16/h4-7,13H2,1-3H3,(H,14,17). The van der Waals surface area contributed by atoms with Gasteiger partial charge in [0.05, 0.1) is 7.11 Å². The average Bonchev–Trinajstić information content (AvgIpc) is 2.75. The summed E-state index contributed by atoms with van der Waals surface area (Å²) >= 11 is 1.40. The largest absolute Gasteiger partial charge is 0.492 e. The van der Waals surface area contributed by atoms with Crippen LogP contribution in [0.1, 0.15) is 9.67 Å². The van der Waals surface area contributed by atoms with Crippen LogP contribution < -0.4 is 20.7 Å². The van der Waals surface area contributed by atoms with Crippen molar-refractivity contribution in [2.75, 3.05) is 58.0 Å². The molecule has 1 aliphatic heterocycles. The van der Waals surface area contributed by atoms with Gasteiger partial charge in [-0.05, 0) is 7.05 Å². The van der Waals surface area contributed by atoms with Crippen LogP contribution >= 0.6 is 11.3 Å². The minimum absolute atomic E-state index is 0.166. The van der Waals surface area contributed by atoms with Crippen LogP contribution in [0.25, 0.3) is 0 Å². The molecule has 1 aromatic heterocycles. The van der Waals surface area contributed by atoms with Gasteiger partial charge in [-0.2, -0.15) is 0 Å². The van der Waals surface area contributed by atoms with Gasteiger partial charge >= 0.3 is 0 Å². The number of nitrogens with two attached hydrogens (primary N) is 1. The molecule has 0 spiro atoms. The van der Waals surface area contributed by atoms with Crippen molar-refractivity contribution in [3.05, 3.63) is 4.88 Å². The van der Waals surface area contributed by atoms with E-state index in [-0.39, 0.29) is 5.91 Å². The molecular formula is C12H20N4O2S. The van der Waals surface area contributed by atoms with E-state index in [0.29, 0.717) is 16.3 Å². The molecule has 19 heavy (non-hydrogen) atoms. The number of hydrogen-bond acceptors (Lipinski definition) is 6. The number of hydrogen-bond donors (Lipinski definition) is 2. The van der Waals surface area contributed by atoms with E-state index in [0.717, 1.165) is 31.2 Å². The molecule has 0 unspecified atom stereocenters. The first-order valence-electron chi connectivity index (χ1n) is 6.20. The van der Waals surface area contributed by atoms with E-state index in [9.17, 15) is 4.79 Å². The van der Waals surface area contributed by atoms with E-state index in [4.69, 9.17) is 10.5 Å². The van der Waals surface area contributed by atoms with Gasteiger partial charge in [-0.25, -0.2) is 0 Å². The summed E-state index contributed by atoms with van der Waals surface area (Å²) in [5.41, 5.74) is 6.44. The summed E-state index contributed by atoms with van der Waals surface area (Å²) in [5.74, 6) is 0.453. The highest BCUT2D eigenvalue weighted by molar-refractivity contribution is 7.19. The minimum atomic E-state index is -0.166. The zero-order valence-corrected chi connectivity index (χ0v) is 12.3. The van der Waals surface area contributed by atoms with Crippen LogP contribution in [0.4, 0.5) is 10.7 Å².